The molecule has 0 fully saturated rings. The largest absolute Gasteiger partial charge is 0.496 e. The van der Waals surface area contributed by atoms with Crippen molar-refractivity contribution in [2.24, 2.45) is 0 Å². The molecule has 1 N–H and O–H groups in total. The van der Waals surface area contributed by atoms with Crippen LogP contribution in [-0.4, -0.2) is 41.2 Å². The highest BCUT2D eigenvalue weighted by atomic mass is 16.5. The molecule has 0 unspecified atom stereocenters. The second-order valence-corrected chi connectivity index (χ2v) is 6.64. The van der Waals surface area contributed by atoms with Gasteiger partial charge in [0.2, 0.25) is 0 Å². The van der Waals surface area contributed by atoms with Crippen LogP contribution in [0, 0.1) is 0 Å². The van der Waals surface area contributed by atoms with E-state index in [0.717, 1.165) is 27.8 Å². The van der Waals surface area contributed by atoms with Gasteiger partial charge in [-0.15, -0.1) is 0 Å². The van der Waals surface area contributed by atoms with Gasteiger partial charge < -0.3 is 14.8 Å². The number of fused-ring (bicyclic) bond motifs is 1. The number of nitrogens with one attached hydrogen (secondary N) is 1. The molecule has 2 aromatic heterocycles. The molecule has 0 radical (unpaired) electrons. The number of hydrogen-bond donors (Lipinski definition) is 1. The molecule has 0 atom stereocenters. The zero-order valence-electron chi connectivity index (χ0n) is 17.0. The van der Waals surface area contributed by atoms with Crippen molar-refractivity contribution >= 4 is 16.9 Å². The number of carbonyl (C=O) groups is 1. The minimum absolute atomic E-state index is 0.241. The molecular formula is C23H22N4O3. The van der Waals surface area contributed by atoms with Crippen LogP contribution >= 0.6 is 0 Å². The molecule has 4 rings (SSSR count). The number of imidazole rings is 1. The summed E-state index contributed by atoms with van der Waals surface area (Å²) in [7, 11) is 3.07. The molecule has 7 nitrogen and oxygen atoms in total. The molecule has 152 valence electrons. The van der Waals surface area contributed by atoms with Gasteiger partial charge in [-0.1, -0.05) is 12.1 Å². The predicted molar refractivity (Wildman–Crippen MR) is 115 cm³/mol. The number of hydrogen-bond acceptors (Lipinski definition) is 5. The Labute approximate surface area is 174 Å². The van der Waals surface area contributed by atoms with Crippen LogP contribution in [0.1, 0.15) is 17.3 Å². The number of ether oxygens (including phenoxy) is 2. The number of amides is 1. The second-order valence-electron chi connectivity index (χ2n) is 6.64. The van der Waals surface area contributed by atoms with Gasteiger partial charge in [0.25, 0.3) is 5.91 Å². The Morgan fingerprint density at radius 3 is 2.47 bits per heavy atom. The van der Waals surface area contributed by atoms with Crippen molar-refractivity contribution in [2.45, 2.75) is 6.92 Å². The maximum Gasteiger partial charge on any atom is 0.258 e. The fourth-order valence-corrected chi connectivity index (χ4v) is 3.44. The lowest BCUT2D eigenvalue weighted by atomic mass is 10.1. The quantitative estimate of drug-likeness (QED) is 0.530. The molecule has 1 amide bonds. The minimum Gasteiger partial charge on any atom is -0.496 e. The maximum atomic E-state index is 12.5. The molecule has 0 bridgehead atoms. The first-order valence-electron chi connectivity index (χ1n) is 9.58. The topological polar surface area (TPSA) is 78.3 Å². The van der Waals surface area contributed by atoms with Crippen molar-refractivity contribution in [2.75, 3.05) is 20.8 Å². The third-order valence-corrected chi connectivity index (χ3v) is 4.88. The Hall–Kier alpha value is -3.87. The van der Waals surface area contributed by atoms with Gasteiger partial charge in [-0.3, -0.25) is 14.3 Å². The summed E-state index contributed by atoms with van der Waals surface area (Å²) in [4.78, 5) is 21.2. The number of rotatable bonds is 6. The van der Waals surface area contributed by atoms with Gasteiger partial charge in [-0.05, 0) is 30.7 Å². The fourth-order valence-electron chi connectivity index (χ4n) is 3.44. The standard InChI is InChI=1S/C23H22N4O3/c1-4-25-23(28)22-20(29-2)11-17(12-21(22)30-3)27-14-26-18-10-15(7-8-19(18)27)16-6-5-9-24-13-16/h5-14H,4H2,1-3H3,(H,25,28). The summed E-state index contributed by atoms with van der Waals surface area (Å²) in [6.07, 6.45) is 5.33. The Morgan fingerprint density at radius 2 is 1.83 bits per heavy atom. The van der Waals surface area contributed by atoms with E-state index in [0.29, 0.717) is 23.6 Å². The Kier molecular flexibility index (Phi) is 5.34. The van der Waals surface area contributed by atoms with Gasteiger partial charge in [0.15, 0.2) is 0 Å². The summed E-state index contributed by atoms with van der Waals surface area (Å²) in [6.45, 7) is 2.38. The van der Waals surface area contributed by atoms with E-state index in [-0.39, 0.29) is 5.91 Å². The van der Waals surface area contributed by atoms with Gasteiger partial charge in [-0.25, -0.2) is 4.98 Å². The zero-order valence-corrected chi connectivity index (χ0v) is 17.0. The van der Waals surface area contributed by atoms with Crippen molar-refractivity contribution in [3.63, 3.8) is 0 Å². The van der Waals surface area contributed by atoms with Gasteiger partial charge in [-0.2, -0.15) is 0 Å². The zero-order chi connectivity index (χ0) is 21.1. The van der Waals surface area contributed by atoms with Crippen LogP contribution in [0.2, 0.25) is 0 Å². The summed E-state index contributed by atoms with van der Waals surface area (Å²) in [5.74, 6) is 0.627. The molecule has 0 spiro atoms. The first kappa shape index (κ1) is 19.4. The number of nitrogens with zero attached hydrogens (tertiary/aromatic N) is 3. The average Bonchev–Trinajstić information content (AvgIpc) is 3.22. The van der Waals surface area contributed by atoms with Crippen molar-refractivity contribution in [3.05, 3.63) is 66.7 Å². The van der Waals surface area contributed by atoms with E-state index in [2.05, 4.69) is 15.3 Å². The monoisotopic (exact) mass is 402 g/mol. The molecule has 2 aromatic carbocycles. The predicted octanol–water partition coefficient (Wildman–Crippen LogP) is 3.85. The van der Waals surface area contributed by atoms with E-state index in [1.165, 1.54) is 14.2 Å². The molecular weight excluding hydrogens is 380 g/mol. The highest BCUT2D eigenvalue weighted by Gasteiger charge is 2.20. The molecule has 0 aliphatic rings. The first-order valence-corrected chi connectivity index (χ1v) is 9.58. The van der Waals surface area contributed by atoms with Crippen LogP contribution in [0.25, 0.3) is 27.8 Å². The van der Waals surface area contributed by atoms with E-state index < -0.39 is 0 Å². The fraction of sp³-hybridized carbons (Fsp3) is 0.174. The number of benzene rings is 2. The van der Waals surface area contributed by atoms with Crippen LogP contribution < -0.4 is 14.8 Å². The number of methoxy groups -OCH3 is 2. The van der Waals surface area contributed by atoms with Crippen molar-refractivity contribution in [1.82, 2.24) is 19.9 Å². The van der Waals surface area contributed by atoms with E-state index in [1.54, 1.807) is 12.5 Å². The molecule has 2 heterocycles. The van der Waals surface area contributed by atoms with Crippen LogP contribution in [0.5, 0.6) is 11.5 Å². The van der Waals surface area contributed by atoms with Gasteiger partial charge >= 0.3 is 0 Å². The molecule has 7 heteroatoms. The average molecular weight is 402 g/mol. The van der Waals surface area contributed by atoms with Crippen LogP contribution in [-0.2, 0) is 0 Å². The SMILES string of the molecule is CCNC(=O)c1c(OC)cc(-n2cnc3cc(-c4cccnc4)ccc32)cc1OC. The number of carbonyl (C=O) groups excluding carboxylic acids is 1. The van der Waals surface area contributed by atoms with Gasteiger partial charge in [0, 0.05) is 36.6 Å². The summed E-state index contributed by atoms with van der Waals surface area (Å²) < 4.78 is 12.9. The Morgan fingerprint density at radius 1 is 1.07 bits per heavy atom. The first-order chi connectivity index (χ1) is 14.7. The molecule has 0 saturated carbocycles. The lowest BCUT2D eigenvalue weighted by Gasteiger charge is -2.15. The molecule has 30 heavy (non-hydrogen) atoms. The van der Waals surface area contributed by atoms with Gasteiger partial charge in [0.1, 0.15) is 23.4 Å². The minimum atomic E-state index is -0.241. The van der Waals surface area contributed by atoms with E-state index in [9.17, 15) is 4.79 Å². The van der Waals surface area contributed by atoms with Crippen molar-refractivity contribution < 1.29 is 14.3 Å². The van der Waals surface area contributed by atoms with E-state index in [4.69, 9.17) is 9.47 Å². The van der Waals surface area contributed by atoms with Crippen molar-refractivity contribution in [1.29, 1.82) is 0 Å². The molecule has 0 saturated heterocycles. The molecule has 4 aromatic rings. The van der Waals surface area contributed by atoms with E-state index >= 15 is 0 Å². The highest BCUT2D eigenvalue weighted by Crippen LogP contribution is 2.34. The van der Waals surface area contributed by atoms with Crippen LogP contribution in [0.15, 0.2) is 61.2 Å². The van der Waals surface area contributed by atoms with Crippen LogP contribution in [0.4, 0.5) is 0 Å². The smallest absolute Gasteiger partial charge is 0.258 e. The lowest BCUT2D eigenvalue weighted by Crippen LogP contribution is -2.24. The van der Waals surface area contributed by atoms with Crippen LogP contribution in [0.3, 0.4) is 0 Å². The maximum absolute atomic E-state index is 12.5. The second kappa shape index (κ2) is 8.24. The Bertz CT molecular complexity index is 1180. The summed E-state index contributed by atoms with van der Waals surface area (Å²) in [6, 6.07) is 13.6. The molecule has 0 aliphatic carbocycles. The lowest BCUT2D eigenvalue weighted by molar-refractivity contribution is 0.0949. The normalized spacial score (nSPS) is 10.8. The van der Waals surface area contributed by atoms with Gasteiger partial charge in [0.05, 0.1) is 30.9 Å². The summed E-state index contributed by atoms with van der Waals surface area (Å²) in [5, 5.41) is 2.79. The Balaban J connectivity index is 1.81. The highest BCUT2D eigenvalue weighted by molar-refractivity contribution is 6.00. The molecule has 0 aliphatic heterocycles. The summed E-state index contributed by atoms with van der Waals surface area (Å²) in [5.41, 5.74) is 5.01. The van der Waals surface area contributed by atoms with Crippen molar-refractivity contribution in [3.8, 4) is 28.3 Å². The number of aromatic nitrogens is 3. The van der Waals surface area contributed by atoms with E-state index in [1.807, 2.05) is 60.2 Å². The number of pyridine rings is 1. The third-order valence-electron chi connectivity index (χ3n) is 4.88. The summed E-state index contributed by atoms with van der Waals surface area (Å²) >= 11 is 0. The third kappa shape index (κ3) is 3.45.